The molecule has 0 unspecified atom stereocenters. The van der Waals surface area contributed by atoms with E-state index in [1.54, 1.807) is 0 Å². The Morgan fingerprint density at radius 3 is 2.75 bits per heavy atom. The van der Waals surface area contributed by atoms with Crippen molar-refractivity contribution in [2.24, 2.45) is 0 Å². The zero-order chi connectivity index (χ0) is 14.3. The highest BCUT2D eigenvalue weighted by molar-refractivity contribution is 5.40. The highest BCUT2D eigenvalue weighted by atomic mass is 16.5. The van der Waals surface area contributed by atoms with Crippen LogP contribution in [-0.2, 0) is 5.54 Å². The SMILES string of the molecule is C[C@@H](Nc1cnn(C(C)(C)C)c1)c1nc(C2CC2)no1. The number of aromatic nitrogens is 4. The average molecular weight is 275 g/mol. The fourth-order valence-corrected chi connectivity index (χ4v) is 2.01. The van der Waals surface area contributed by atoms with E-state index in [1.807, 2.05) is 24.0 Å². The normalized spacial score (nSPS) is 17.2. The zero-order valence-electron chi connectivity index (χ0n) is 12.4. The molecule has 0 spiro atoms. The van der Waals surface area contributed by atoms with Crippen LogP contribution >= 0.6 is 0 Å². The number of nitrogens with one attached hydrogen (secondary N) is 1. The monoisotopic (exact) mass is 275 g/mol. The predicted molar refractivity (Wildman–Crippen MR) is 75.5 cm³/mol. The van der Waals surface area contributed by atoms with Gasteiger partial charge in [-0.15, -0.1) is 0 Å². The highest BCUT2D eigenvalue weighted by Crippen LogP contribution is 2.38. The first kappa shape index (κ1) is 13.1. The molecule has 2 aromatic heterocycles. The number of anilines is 1. The van der Waals surface area contributed by atoms with E-state index >= 15 is 0 Å². The first-order valence-corrected chi connectivity index (χ1v) is 7.08. The number of nitrogens with zero attached hydrogens (tertiary/aromatic N) is 4. The van der Waals surface area contributed by atoms with Crippen LogP contribution in [0.25, 0.3) is 0 Å². The van der Waals surface area contributed by atoms with Crippen molar-refractivity contribution < 1.29 is 4.52 Å². The van der Waals surface area contributed by atoms with Crippen LogP contribution < -0.4 is 5.32 Å². The largest absolute Gasteiger partial charge is 0.371 e. The third-order valence-electron chi connectivity index (χ3n) is 3.42. The van der Waals surface area contributed by atoms with Gasteiger partial charge in [0.1, 0.15) is 6.04 Å². The minimum absolute atomic E-state index is 0.0207. The first-order chi connectivity index (χ1) is 9.43. The van der Waals surface area contributed by atoms with E-state index in [-0.39, 0.29) is 11.6 Å². The fourth-order valence-electron chi connectivity index (χ4n) is 2.01. The summed E-state index contributed by atoms with van der Waals surface area (Å²) < 4.78 is 7.26. The third-order valence-corrected chi connectivity index (χ3v) is 3.42. The molecule has 0 amide bonds. The molecule has 0 saturated heterocycles. The molecular formula is C14H21N5O. The molecular weight excluding hydrogens is 254 g/mol. The Labute approximate surface area is 118 Å². The minimum atomic E-state index is -0.0210. The molecule has 0 radical (unpaired) electrons. The van der Waals surface area contributed by atoms with Crippen LogP contribution in [0.15, 0.2) is 16.9 Å². The summed E-state index contributed by atoms with van der Waals surface area (Å²) in [6, 6.07) is -0.0207. The molecule has 3 rings (SSSR count). The highest BCUT2D eigenvalue weighted by Gasteiger charge is 2.29. The van der Waals surface area contributed by atoms with Crippen LogP contribution in [0.4, 0.5) is 5.69 Å². The van der Waals surface area contributed by atoms with Crippen molar-refractivity contribution in [3.8, 4) is 0 Å². The van der Waals surface area contributed by atoms with Crippen molar-refractivity contribution in [1.82, 2.24) is 19.9 Å². The van der Waals surface area contributed by atoms with Crippen LogP contribution in [-0.4, -0.2) is 19.9 Å². The molecule has 0 bridgehead atoms. The topological polar surface area (TPSA) is 68.8 Å². The van der Waals surface area contributed by atoms with Gasteiger partial charge >= 0.3 is 0 Å². The number of hydrogen-bond acceptors (Lipinski definition) is 5. The molecule has 1 N–H and O–H groups in total. The van der Waals surface area contributed by atoms with Crippen molar-refractivity contribution in [3.05, 3.63) is 24.1 Å². The predicted octanol–water partition coefficient (Wildman–Crippen LogP) is 3.07. The molecule has 1 fully saturated rings. The van der Waals surface area contributed by atoms with Gasteiger partial charge in [-0.3, -0.25) is 4.68 Å². The van der Waals surface area contributed by atoms with Gasteiger partial charge in [0.2, 0.25) is 5.89 Å². The van der Waals surface area contributed by atoms with Crippen LogP contribution in [0.2, 0.25) is 0 Å². The van der Waals surface area contributed by atoms with Gasteiger partial charge in [0, 0.05) is 12.1 Å². The average Bonchev–Trinajstić information content (AvgIpc) is 2.91. The molecule has 2 heterocycles. The van der Waals surface area contributed by atoms with Gasteiger partial charge in [-0.2, -0.15) is 10.1 Å². The van der Waals surface area contributed by atoms with Crippen LogP contribution in [0.3, 0.4) is 0 Å². The quantitative estimate of drug-likeness (QED) is 0.928. The minimum Gasteiger partial charge on any atom is -0.371 e. The number of hydrogen-bond donors (Lipinski definition) is 1. The second kappa shape index (κ2) is 4.61. The Bertz CT molecular complexity index is 591. The molecule has 6 heteroatoms. The lowest BCUT2D eigenvalue weighted by molar-refractivity contribution is 0.355. The number of rotatable bonds is 4. The summed E-state index contributed by atoms with van der Waals surface area (Å²) in [4.78, 5) is 4.46. The Kier molecular flexibility index (Phi) is 3.03. The van der Waals surface area contributed by atoms with Crippen LogP contribution in [0.5, 0.6) is 0 Å². The summed E-state index contributed by atoms with van der Waals surface area (Å²) in [6.07, 6.45) is 6.17. The van der Waals surface area contributed by atoms with Crippen molar-refractivity contribution in [1.29, 1.82) is 0 Å². The lowest BCUT2D eigenvalue weighted by Gasteiger charge is -2.18. The van der Waals surface area contributed by atoms with E-state index in [2.05, 4.69) is 41.3 Å². The van der Waals surface area contributed by atoms with Gasteiger partial charge in [0.15, 0.2) is 5.82 Å². The maximum atomic E-state index is 5.32. The first-order valence-electron chi connectivity index (χ1n) is 7.08. The second-order valence-corrected chi connectivity index (χ2v) is 6.48. The zero-order valence-corrected chi connectivity index (χ0v) is 12.4. The molecule has 0 aliphatic heterocycles. The van der Waals surface area contributed by atoms with Crippen LogP contribution in [0.1, 0.15) is 64.2 Å². The molecule has 1 aliphatic carbocycles. The van der Waals surface area contributed by atoms with Crippen LogP contribution in [0, 0.1) is 0 Å². The summed E-state index contributed by atoms with van der Waals surface area (Å²) in [5.41, 5.74) is 0.936. The lowest BCUT2D eigenvalue weighted by atomic mass is 10.1. The van der Waals surface area contributed by atoms with E-state index in [0.717, 1.165) is 11.5 Å². The maximum Gasteiger partial charge on any atom is 0.248 e. The summed E-state index contributed by atoms with van der Waals surface area (Å²) in [5.74, 6) is 2.00. The van der Waals surface area contributed by atoms with Crippen molar-refractivity contribution in [2.75, 3.05) is 5.32 Å². The summed E-state index contributed by atoms with van der Waals surface area (Å²) in [5, 5.41) is 11.7. The molecule has 1 aliphatic rings. The van der Waals surface area contributed by atoms with Crippen molar-refractivity contribution >= 4 is 5.69 Å². The second-order valence-electron chi connectivity index (χ2n) is 6.48. The summed E-state index contributed by atoms with van der Waals surface area (Å²) in [7, 11) is 0. The Balaban J connectivity index is 1.68. The van der Waals surface area contributed by atoms with Crippen molar-refractivity contribution in [3.63, 3.8) is 0 Å². The van der Waals surface area contributed by atoms with Gasteiger partial charge < -0.3 is 9.84 Å². The molecule has 0 aromatic carbocycles. The lowest BCUT2D eigenvalue weighted by Crippen LogP contribution is -2.21. The van der Waals surface area contributed by atoms with Gasteiger partial charge in [0.05, 0.1) is 17.4 Å². The van der Waals surface area contributed by atoms with E-state index in [0.29, 0.717) is 11.8 Å². The van der Waals surface area contributed by atoms with Gasteiger partial charge in [-0.25, -0.2) is 0 Å². The molecule has 1 atom stereocenters. The van der Waals surface area contributed by atoms with E-state index in [1.165, 1.54) is 12.8 Å². The molecule has 2 aromatic rings. The Morgan fingerprint density at radius 2 is 2.15 bits per heavy atom. The van der Waals surface area contributed by atoms with E-state index in [9.17, 15) is 0 Å². The van der Waals surface area contributed by atoms with Gasteiger partial charge in [0.25, 0.3) is 0 Å². The fraction of sp³-hybridized carbons (Fsp3) is 0.643. The van der Waals surface area contributed by atoms with Gasteiger partial charge in [-0.1, -0.05) is 5.16 Å². The molecule has 108 valence electrons. The van der Waals surface area contributed by atoms with Crippen molar-refractivity contribution in [2.45, 2.75) is 58.0 Å². The van der Waals surface area contributed by atoms with Gasteiger partial charge in [-0.05, 0) is 40.5 Å². The maximum absolute atomic E-state index is 5.32. The Hall–Kier alpha value is -1.85. The molecule has 6 nitrogen and oxygen atoms in total. The van der Waals surface area contributed by atoms with E-state index < -0.39 is 0 Å². The standard InChI is InChI=1S/C14H21N5O/c1-9(13-17-12(18-20-13)10-5-6-10)16-11-7-15-19(8-11)14(2,3)4/h7-10,16H,5-6H2,1-4H3/t9-/m1/s1. The van der Waals surface area contributed by atoms with E-state index in [4.69, 9.17) is 4.52 Å². The summed E-state index contributed by atoms with van der Waals surface area (Å²) >= 11 is 0. The third kappa shape index (κ3) is 2.69. The molecule has 20 heavy (non-hydrogen) atoms. The Morgan fingerprint density at radius 1 is 1.40 bits per heavy atom. The molecule has 1 saturated carbocycles. The summed E-state index contributed by atoms with van der Waals surface area (Å²) in [6.45, 7) is 8.37. The smallest absolute Gasteiger partial charge is 0.248 e.